The Morgan fingerprint density at radius 1 is 1.48 bits per heavy atom. The largest absolute Gasteiger partial charge is 0.495 e. The summed E-state index contributed by atoms with van der Waals surface area (Å²) in [6.45, 7) is 0. The zero-order valence-electron chi connectivity index (χ0n) is 11.4. The lowest BCUT2D eigenvalue weighted by molar-refractivity contribution is -0.116. The number of halogens is 2. The molecule has 0 unspecified atom stereocenters. The molecule has 116 valence electrons. The molecule has 1 heterocycles. The zero-order chi connectivity index (χ0) is 15.6. The van der Waals surface area contributed by atoms with Gasteiger partial charge >= 0.3 is 0 Å². The van der Waals surface area contributed by atoms with Crippen LogP contribution in [0.25, 0.3) is 0 Å². The number of rotatable bonds is 4. The summed E-state index contributed by atoms with van der Waals surface area (Å²) >= 11 is 11.7. The van der Waals surface area contributed by atoms with Gasteiger partial charge in [-0.15, -0.1) is 11.6 Å². The molecule has 1 aliphatic heterocycles. The van der Waals surface area contributed by atoms with Crippen LogP contribution in [0.1, 0.15) is 6.42 Å². The van der Waals surface area contributed by atoms with Gasteiger partial charge in [-0.2, -0.15) is 0 Å². The predicted octanol–water partition coefficient (Wildman–Crippen LogP) is 2.11. The highest BCUT2D eigenvalue weighted by Gasteiger charge is 2.35. The number of methoxy groups -OCH3 is 1. The minimum absolute atomic E-state index is 0.0563. The molecule has 21 heavy (non-hydrogen) atoms. The van der Waals surface area contributed by atoms with Crippen molar-refractivity contribution in [2.45, 2.75) is 12.5 Å². The highest BCUT2D eigenvalue weighted by Crippen LogP contribution is 2.32. The summed E-state index contributed by atoms with van der Waals surface area (Å²) in [4.78, 5) is 13.5. The summed E-state index contributed by atoms with van der Waals surface area (Å²) < 4.78 is 28.3. The van der Waals surface area contributed by atoms with E-state index in [4.69, 9.17) is 27.9 Å². The van der Waals surface area contributed by atoms with Crippen LogP contribution in [0.3, 0.4) is 0 Å². The van der Waals surface area contributed by atoms with Crippen molar-refractivity contribution in [2.75, 3.05) is 29.4 Å². The predicted molar refractivity (Wildman–Crippen MR) is 83.3 cm³/mol. The van der Waals surface area contributed by atoms with E-state index in [1.807, 2.05) is 0 Å². The van der Waals surface area contributed by atoms with Crippen molar-refractivity contribution in [2.24, 2.45) is 0 Å². The molecular weight excluding hydrogens is 337 g/mol. The van der Waals surface area contributed by atoms with Gasteiger partial charge in [0.2, 0.25) is 5.91 Å². The van der Waals surface area contributed by atoms with Crippen LogP contribution < -0.4 is 9.64 Å². The van der Waals surface area contributed by atoms with E-state index in [2.05, 4.69) is 0 Å². The number of ether oxygens (including phenoxy) is 1. The van der Waals surface area contributed by atoms with Crippen molar-refractivity contribution < 1.29 is 17.9 Å². The lowest BCUT2D eigenvalue weighted by Gasteiger charge is -2.28. The molecule has 0 bridgehead atoms. The lowest BCUT2D eigenvalue weighted by atomic mass is 10.1. The average molecular weight is 352 g/mol. The van der Waals surface area contributed by atoms with E-state index >= 15 is 0 Å². The Bertz CT molecular complexity index is 648. The van der Waals surface area contributed by atoms with Crippen LogP contribution in [0.5, 0.6) is 5.75 Å². The summed E-state index contributed by atoms with van der Waals surface area (Å²) in [5, 5.41) is 0.350. The van der Waals surface area contributed by atoms with E-state index in [9.17, 15) is 13.2 Å². The maximum atomic E-state index is 12.1. The van der Waals surface area contributed by atoms with Crippen LogP contribution in [-0.4, -0.2) is 44.9 Å². The number of hydrogen-bond donors (Lipinski definition) is 0. The molecule has 0 saturated carbocycles. The molecule has 0 radical (unpaired) electrons. The van der Waals surface area contributed by atoms with Gasteiger partial charge in [0.05, 0.1) is 29.7 Å². The molecule has 0 N–H and O–H groups in total. The molecule has 1 saturated heterocycles. The Balaban J connectivity index is 2.37. The van der Waals surface area contributed by atoms with E-state index < -0.39 is 15.9 Å². The van der Waals surface area contributed by atoms with Gasteiger partial charge in [-0.25, -0.2) is 8.42 Å². The van der Waals surface area contributed by atoms with Crippen LogP contribution in [0.2, 0.25) is 5.02 Å². The first-order valence-electron chi connectivity index (χ1n) is 6.30. The summed E-state index contributed by atoms with van der Waals surface area (Å²) in [6.07, 6.45) is 0.397. The van der Waals surface area contributed by atoms with Crippen molar-refractivity contribution in [3.63, 3.8) is 0 Å². The molecule has 1 amide bonds. The van der Waals surface area contributed by atoms with Crippen LogP contribution in [0.15, 0.2) is 18.2 Å². The molecule has 1 fully saturated rings. The SMILES string of the molecule is COc1ccc(N(C(=O)CCl)[C@@H]2CCS(=O)(=O)C2)cc1Cl. The van der Waals surface area contributed by atoms with Gasteiger partial charge in [0.1, 0.15) is 11.6 Å². The highest BCUT2D eigenvalue weighted by molar-refractivity contribution is 7.91. The second-order valence-electron chi connectivity index (χ2n) is 4.77. The minimum atomic E-state index is -3.11. The van der Waals surface area contributed by atoms with E-state index in [1.54, 1.807) is 18.2 Å². The molecular formula is C13H15Cl2NO4S. The Kier molecular flexibility index (Phi) is 5.01. The minimum Gasteiger partial charge on any atom is -0.495 e. The van der Waals surface area contributed by atoms with E-state index in [0.717, 1.165) is 0 Å². The van der Waals surface area contributed by atoms with Crippen molar-refractivity contribution in [3.05, 3.63) is 23.2 Å². The van der Waals surface area contributed by atoms with Crippen molar-refractivity contribution in [1.82, 2.24) is 0 Å². The molecule has 1 aromatic carbocycles. The second kappa shape index (κ2) is 6.42. The molecule has 0 aromatic heterocycles. The van der Waals surface area contributed by atoms with E-state index in [1.165, 1.54) is 12.0 Å². The smallest absolute Gasteiger partial charge is 0.242 e. The van der Waals surface area contributed by atoms with Gasteiger partial charge in [-0.3, -0.25) is 4.79 Å². The van der Waals surface area contributed by atoms with Crippen LogP contribution in [0.4, 0.5) is 5.69 Å². The number of sulfone groups is 1. The third kappa shape index (κ3) is 3.62. The number of benzene rings is 1. The number of amides is 1. The van der Waals surface area contributed by atoms with Crippen molar-refractivity contribution >= 4 is 44.6 Å². The maximum absolute atomic E-state index is 12.1. The Labute approximate surface area is 133 Å². The van der Waals surface area contributed by atoms with Crippen LogP contribution in [0, 0.1) is 0 Å². The topological polar surface area (TPSA) is 63.7 Å². The Morgan fingerprint density at radius 2 is 2.19 bits per heavy atom. The van der Waals surface area contributed by atoms with Crippen LogP contribution >= 0.6 is 23.2 Å². The van der Waals surface area contributed by atoms with Gasteiger partial charge < -0.3 is 9.64 Å². The Morgan fingerprint density at radius 3 is 2.67 bits per heavy atom. The van der Waals surface area contributed by atoms with Crippen molar-refractivity contribution in [3.8, 4) is 5.75 Å². The average Bonchev–Trinajstić information content (AvgIpc) is 2.79. The van der Waals surface area contributed by atoms with E-state index in [-0.39, 0.29) is 23.3 Å². The number of alkyl halides is 1. The summed E-state index contributed by atoms with van der Waals surface area (Å²) in [5.41, 5.74) is 0.522. The molecule has 1 atom stereocenters. The quantitative estimate of drug-likeness (QED) is 0.779. The van der Waals surface area contributed by atoms with E-state index in [0.29, 0.717) is 22.9 Å². The molecule has 1 aromatic rings. The zero-order valence-corrected chi connectivity index (χ0v) is 13.7. The molecule has 5 nitrogen and oxygen atoms in total. The first-order valence-corrected chi connectivity index (χ1v) is 9.03. The van der Waals surface area contributed by atoms with Gasteiger partial charge in [0.15, 0.2) is 9.84 Å². The third-order valence-corrected chi connectivity index (χ3v) is 5.64. The highest BCUT2D eigenvalue weighted by atomic mass is 35.5. The fourth-order valence-corrected chi connectivity index (χ4v) is 4.49. The normalized spacial score (nSPS) is 20.2. The summed E-state index contributed by atoms with van der Waals surface area (Å²) in [7, 11) is -1.62. The molecule has 1 aliphatic rings. The number of carbonyl (C=O) groups excluding carboxylic acids is 1. The lowest BCUT2D eigenvalue weighted by Crippen LogP contribution is -2.42. The molecule has 2 rings (SSSR count). The first kappa shape index (κ1) is 16.4. The second-order valence-corrected chi connectivity index (χ2v) is 7.68. The summed E-state index contributed by atoms with van der Waals surface area (Å²) in [6, 6.07) is 4.47. The molecule has 0 spiro atoms. The number of hydrogen-bond acceptors (Lipinski definition) is 4. The van der Waals surface area contributed by atoms with Crippen molar-refractivity contribution in [1.29, 1.82) is 0 Å². The Hall–Kier alpha value is -0.980. The van der Waals surface area contributed by atoms with Gasteiger partial charge in [0.25, 0.3) is 0 Å². The van der Waals surface area contributed by atoms with Gasteiger partial charge in [-0.1, -0.05) is 11.6 Å². The molecule has 8 heteroatoms. The number of nitrogens with zero attached hydrogens (tertiary/aromatic N) is 1. The number of carbonyl (C=O) groups is 1. The fraction of sp³-hybridized carbons (Fsp3) is 0.462. The van der Waals surface area contributed by atoms with Gasteiger partial charge in [-0.05, 0) is 24.6 Å². The molecule has 0 aliphatic carbocycles. The van der Waals surface area contributed by atoms with Crippen LogP contribution in [-0.2, 0) is 14.6 Å². The number of anilines is 1. The van der Waals surface area contributed by atoms with Gasteiger partial charge in [0, 0.05) is 5.69 Å². The maximum Gasteiger partial charge on any atom is 0.242 e. The third-order valence-electron chi connectivity index (χ3n) is 3.37. The standard InChI is InChI=1S/C13H15Cl2NO4S/c1-20-12-3-2-9(6-11(12)15)16(13(17)7-14)10-4-5-21(18,19)8-10/h2-3,6,10H,4-5,7-8H2,1H3/t10-/m1/s1. The fourth-order valence-electron chi connectivity index (χ4n) is 2.41. The monoisotopic (exact) mass is 351 g/mol. The first-order chi connectivity index (χ1) is 9.88. The summed E-state index contributed by atoms with van der Waals surface area (Å²) in [5.74, 6) is -0.0645.